The number of aliphatic carboxylic acids is 1. The second-order valence-corrected chi connectivity index (χ2v) is 5.29. The van der Waals surface area contributed by atoms with Gasteiger partial charge in [0.25, 0.3) is 0 Å². The molecule has 0 spiro atoms. The Morgan fingerprint density at radius 2 is 2.06 bits per heavy atom. The van der Waals surface area contributed by atoms with Crippen LogP contribution in [-0.4, -0.2) is 47.7 Å². The van der Waals surface area contributed by atoms with Gasteiger partial charge in [-0.1, -0.05) is 12.8 Å². The number of carbonyl (C=O) groups excluding carboxylic acids is 1. The Bertz CT molecular complexity index is 277. The molecule has 1 aliphatic carbocycles. The molecule has 1 amide bonds. The Hall–Kier alpha value is -0.750. The first kappa shape index (κ1) is 14.3. The van der Waals surface area contributed by atoms with Crippen LogP contribution in [0.3, 0.4) is 0 Å². The van der Waals surface area contributed by atoms with Crippen molar-refractivity contribution in [2.45, 2.75) is 31.2 Å². The van der Waals surface area contributed by atoms with Gasteiger partial charge in [-0.15, -0.1) is 11.8 Å². The average molecular weight is 261 g/mol. The number of carboxylic acids is 1. The van der Waals surface area contributed by atoms with Crippen LogP contribution in [0.2, 0.25) is 0 Å². The highest BCUT2D eigenvalue weighted by molar-refractivity contribution is 7.99. The van der Waals surface area contributed by atoms with Gasteiger partial charge in [0, 0.05) is 12.9 Å². The van der Waals surface area contributed by atoms with Crippen LogP contribution < -0.4 is 5.32 Å². The van der Waals surface area contributed by atoms with Gasteiger partial charge in [0.15, 0.2) is 0 Å². The van der Waals surface area contributed by atoms with Crippen molar-refractivity contribution in [3.05, 3.63) is 0 Å². The van der Waals surface area contributed by atoms with E-state index in [9.17, 15) is 14.7 Å². The Labute approximate surface area is 105 Å². The molecule has 0 unspecified atom stereocenters. The minimum atomic E-state index is -1.01. The molecule has 1 rings (SSSR count). The standard InChI is InChI=1S/C11H19NO4S/c1-16-6-7-17-8-9(13)12-11(10(14)15)4-2-3-5-11/h2-8H2,1H3,(H,12,13)(H,14,15). The van der Waals surface area contributed by atoms with E-state index in [1.165, 1.54) is 11.8 Å². The number of carbonyl (C=O) groups is 2. The van der Waals surface area contributed by atoms with Crippen molar-refractivity contribution in [1.82, 2.24) is 5.32 Å². The quantitative estimate of drug-likeness (QED) is 0.665. The van der Waals surface area contributed by atoms with E-state index < -0.39 is 11.5 Å². The summed E-state index contributed by atoms with van der Waals surface area (Å²) in [6.45, 7) is 0.599. The molecule has 0 saturated heterocycles. The monoisotopic (exact) mass is 261 g/mol. The van der Waals surface area contributed by atoms with Crippen molar-refractivity contribution in [2.75, 3.05) is 25.2 Å². The summed E-state index contributed by atoms with van der Waals surface area (Å²) < 4.78 is 4.87. The van der Waals surface area contributed by atoms with Crippen LogP contribution in [-0.2, 0) is 14.3 Å². The molecule has 0 radical (unpaired) electrons. The van der Waals surface area contributed by atoms with E-state index in [0.29, 0.717) is 25.2 Å². The third kappa shape index (κ3) is 4.20. The molecule has 0 aliphatic heterocycles. The Balaban J connectivity index is 2.35. The maximum absolute atomic E-state index is 11.6. The lowest BCUT2D eigenvalue weighted by Crippen LogP contribution is -2.53. The van der Waals surface area contributed by atoms with Crippen LogP contribution >= 0.6 is 11.8 Å². The van der Waals surface area contributed by atoms with Gasteiger partial charge < -0.3 is 15.2 Å². The van der Waals surface area contributed by atoms with Gasteiger partial charge in [-0.25, -0.2) is 4.79 Å². The fourth-order valence-electron chi connectivity index (χ4n) is 1.98. The molecule has 0 atom stereocenters. The molecule has 0 heterocycles. The minimum Gasteiger partial charge on any atom is -0.480 e. The first-order chi connectivity index (χ1) is 8.10. The smallest absolute Gasteiger partial charge is 0.329 e. The lowest BCUT2D eigenvalue weighted by atomic mass is 9.98. The largest absolute Gasteiger partial charge is 0.480 e. The minimum absolute atomic E-state index is 0.199. The van der Waals surface area contributed by atoms with Crippen molar-refractivity contribution in [2.24, 2.45) is 0 Å². The van der Waals surface area contributed by atoms with Gasteiger partial charge >= 0.3 is 5.97 Å². The summed E-state index contributed by atoms with van der Waals surface area (Å²) >= 11 is 1.45. The van der Waals surface area contributed by atoms with Crippen LogP contribution in [0.25, 0.3) is 0 Å². The fourth-order valence-corrected chi connectivity index (χ4v) is 2.67. The van der Waals surface area contributed by atoms with Gasteiger partial charge in [0.2, 0.25) is 5.91 Å². The highest BCUT2D eigenvalue weighted by atomic mass is 32.2. The van der Waals surface area contributed by atoms with E-state index in [2.05, 4.69) is 5.32 Å². The van der Waals surface area contributed by atoms with Crippen molar-refractivity contribution < 1.29 is 19.4 Å². The number of amides is 1. The number of hydrogen-bond donors (Lipinski definition) is 2. The molecule has 1 saturated carbocycles. The van der Waals surface area contributed by atoms with Crippen LogP contribution in [0.1, 0.15) is 25.7 Å². The molecule has 1 aliphatic rings. The number of ether oxygens (including phenoxy) is 1. The molecule has 5 nitrogen and oxygen atoms in total. The predicted octanol–water partition coefficient (Wildman–Crippen LogP) is 0.880. The first-order valence-corrected chi connectivity index (χ1v) is 6.87. The molecular formula is C11H19NO4S. The normalized spacial score (nSPS) is 17.9. The summed E-state index contributed by atoms with van der Waals surface area (Å²) in [5.74, 6) is -0.0804. The summed E-state index contributed by atoms with van der Waals surface area (Å²) in [6, 6.07) is 0. The fraction of sp³-hybridized carbons (Fsp3) is 0.818. The van der Waals surface area contributed by atoms with Crippen LogP contribution in [0.5, 0.6) is 0 Å². The zero-order chi connectivity index (χ0) is 12.7. The molecule has 0 aromatic carbocycles. The van der Waals surface area contributed by atoms with Crippen LogP contribution in [0.15, 0.2) is 0 Å². The molecule has 1 fully saturated rings. The molecule has 0 bridgehead atoms. The summed E-state index contributed by atoms with van der Waals surface area (Å²) in [5.41, 5.74) is -1.01. The molecule has 98 valence electrons. The van der Waals surface area contributed by atoms with Crippen LogP contribution in [0, 0.1) is 0 Å². The van der Waals surface area contributed by atoms with E-state index >= 15 is 0 Å². The number of hydrogen-bond acceptors (Lipinski definition) is 4. The molecule has 2 N–H and O–H groups in total. The van der Waals surface area contributed by atoms with Crippen molar-refractivity contribution >= 4 is 23.6 Å². The van der Waals surface area contributed by atoms with E-state index in [4.69, 9.17) is 4.74 Å². The van der Waals surface area contributed by atoms with Crippen molar-refractivity contribution in [1.29, 1.82) is 0 Å². The van der Waals surface area contributed by atoms with E-state index in [1.807, 2.05) is 0 Å². The summed E-state index contributed by atoms with van der Waals surface area (Å²) in [4.78, 5) is 22.8. The summed E-state index contributed by atoms with van der Waals surface area (Å²) in [5, 5.41) is 11.8. The molecule has 17 heavy (non-hydrogen) atoms. The first-order valence-electron chi connectivity index (χ1n) is 5.72. The second kappa shape index (κ2) is 6.86. The average Bonchev–Trinajstić information content (AvgIpc) is 2.74. The number of carboxylic acid groups (broad SMARTS) is 1. The molecule has 0 aromatic rings. The topological polar surface area (TPSA) is 75.6 Å². The number of methoxy groups -OCH3 is 1. The maximum atomic E-state index is 11.6. The summed E-state index contributed by atoms with van der Waals surface area (Å²) in [6.07, 6.45) is 2.81. The number of nitrogens with one attached hydrogen (secondary N) is 1. The van der Waals surface area contributed by atoms with Gasteiger partial charge in [-0.2, -0.15) is 0 Å². The number of thioether (sulfide) groups is 1. The zero-order valence-corrected chi connectivity index (χ0v) is 10.8. The third-order valence-electron chi connectivity index (χ3n) is 2.91. The highest BCUT2D eigenvalue weighted by Crippen LogP contribution is 2.29. The Kier molecular flexibility index (Phi) is 5.77. The highest BCUT2D eigenvalue weighted by Gasteiger charge is 2.42. The van der Waals surface area contributed by atoms with E-state index in [-0.39, 0.29) is 5.91 Å². The Morgan fingerprint density at radius 3 is 2.59 bits per heavy atom. The SMILES string of the molecule is COCCSCC(=O)NC1(C(=O)O)CCCC1. The Morgan fingerprint density at radius 1 is 1.41 bits per heavy atom. The lowest BCUT2D eigenvalue weighted by molar-refractivity contribution is -0.147. The molecule has 0 aromatic heterocycles. The van der Waals surface area contributed by atoms with Crippen LogP contribution in [0.4, 0.5) is 0 Å². The summed E-state index contributed by atoms with van der Waals surface area (Å²) in [7, 11) is 1.61. The van der Waals surface area contributed by atoms with Crippen molar-refractivity contribution in [3.8, 4) is 0 Å². The maximum Gasteiger partial charge on any atom is 0.329 e. The molecule has 6 heteroatoms. The zero-order valence-electron chi connectivity index (χ0n) is 10.0. The predicted molar refractivity (Wildman–Crippen MR) is 66.2 cm³/mol. The third-order valence-corrected chi connectivity index (χ3v) is 3.83. The van der Waals surface area contributed by atoms with Gasteiger partial charge in [0.05, 0.1) is 12.4 Å². The van der Waals surface area contributed by atoms with Gasteiger partial charge in [0.1, 0.15) is 5.54 Å². The number of rotatable bonds is 7. The van der Waals surface area contributed by atoms with Gasteiger partial charge in [-0.3, -0.25) is 4.79 Å². The van der Waals surface area contributed by atoms with Crippen molar-refractivity contribution in [3.63, 3.8) is 0 Å². The lowest BCUT2D eigenvalue weighted by Gasteiger charge is -2.25. The van der Waals surface area contributed by atoms with E-state index in [1.54, 1.807) is 7.11 Å². The second-order valence-electron chi connectivity index (χ2n) is 4.19. The van der Waals surface area contributed by atoms with Gasteiger partial charge in [-0.05, 0) is 12.8 Å². The van der Waals surface area contributed by atoms with E-state index in [0.717, 1.165) is 18.6 Å². The molecular weight excluding hydrogens is 242 g/mol.